The Morgan fingerprint density at radius 2 is 2.10 bits per heavy atom. The number of nitrogens with zero attached hydrogens (tertiary/aromatic N) is 3. The Morgan fingerprint density at radius 1 is 1.40 bits per heavy atom. The summed E-state index contributed by atoms with van der Waals surface area (Å²) >= 11 is 6.11. The molecule has 0 aliphatic heterocycles. The van der Waals surface area contributed by atoms with Crippen molar-refractivity contribution in [1.82, 2.24) is 15.0 Å². The topological polar surface area (TPSA) is 57.0 Å². The number of halogens is 1. The number of ether oxygens (including phenoxy) is 1. The summed E-state index contributed by atoms with van der Waals surface area (Å²) in [5.41, 5.74) is 2.72. The van der Waals surface area contributed by atoms with Crippen LogP contribution in [0, 0.1) is 6.92 Å². The first kappa shape index (κ1) is 14.5. The highest BCUT2D eigenvalue weighted by molar-refractivity contribution is 6.31. The maximum Gasteiger partial charge on any atom is 0.172 e. The van der Waals surface area contributed by atoms with Crippen molar-refractivity contribution in [1.29, 1.82) is 0 Å². The third-order valence-corrected chi connectivity index (χ3v) is 3.49. The van der Waals surface area contributed by atoms with Crippen LogP contribution in [0.15, 0.2) is 12.1 Å². The van der Waals surface area contributed by atoms with Crippen molar-refractivity contribution in [3.05, 3.63) is 34.1 Å². The van der Waals surface area contributed by atoms with Gasteiger partial charge in [-0.1, -0.05) is 30.7 Å². The van der Waals surface area contributed by atoms with E-state index in [-0.39, 0.29) is 5.92 Å². The SMILES string of the molecule is COc1cc(Cl)c(C)cc1-n1nnc(C=O)c1C(C)C. The molecule has 5 nitrogen and oxygen atoms in total. The fourth-order valence-corrected chi connectivity index (χ4v) is 2.23. The summed E-state index contributed by atoms with van der Waals surface area (Å²) in [6, 6.07) is 3.61. The number of carbonyl (C=O) groups excluding carboxylic acids is 1. The van der Waals surface area contributed by atoms with Crippen LogP contribution in [-0.2, 0) is 0 Å². The summed E-state index contributed by atoms with van der Waals surface area (Å²) in [5.74, 6) is 0.690. The zero-order valence-corrected chi connectivity index (χ0v) is 12.6. The first-order chi connectivity index (χ1) is 9.49. The van der Waals surface area contributed by atoms with Gasteiger partial charge >= 0.3 is 0 Å². The van der Waals surface area contributed by atoms with E-state index in [1.54, 1.807) is 17.9 Å². The highest BCUT2D eigenvalue weighted by Crippen LogP contribution is 2.31. The van der Waals surface area contributed by atoms with Crippen molar-refractivity contribution in [2.45, 2.75) is 26.7 Å². The molecule has 6 heteroatoms. The van der Waals surface area contributed by atoms with Crippen molar-refractivity contribution in [3.8, 4) is 11.4 Å². The van der Waals surface area contributed by atoms with Crippen LogP contribution < -0.4 is 4.74 Å². The molecular formula is C14H16ClN3O2. The van der Waals surface area contributed by atoms with Gasteiger partial charge in [-0.25, -0.2) is 4.68 Å². The molecule has 0 atom stereocenters. The third-order valence-electron chi connectivity index (χ3n) is 3.08. The van der Waals surface area contributed by atoms with Crippen LogP contribution >= 0.6 is 11.6 Å². The van der Waals surface area contributed by atoms with Crippen LogP contribution in [0.1, 0.15) is 41.5 Å². The second kappa shape index (κ2) is 5.63. The van der Waals surface area contributed by atoms with Gasteiger partial charge in [0.2, 0.25) is 0 Å². The van der Waals surface area contributed by atoms with Gasteiger partial charge in [0.1, 0.15) is 17.1 Å². The maximum atomic E-state index is 11.1. The first-order valence-corrected chi connectivity index (χ1v) is 6.62. The lowest BCUT2D eigenvalue weighted by atomic mass is 10.1. The minimum absolute atomic E-state index is 0.103. The molecule has 1 aromatic carbocycles. The second-order valence-corrected chi connectivity index (χ2v) is 5.22. The van der Waals surface area contributed by atoms with Gasteiger partial charge in [0.25, 0.3) is 0 Å². The molecule has 1 heterocycles. The number of rotatable bonds is 4. The minimum atomic E-state index is 0.103. The summed E-state index contributed by atoms with van der Waals surface area (Å²) in [6.45, 7) is 5.87. The molecule has 106 valence electrons. The Bertz CT molecular complexity index is 650. The van der Waals surface area contributed by atoms with Gasteiger partial charge in [0.05, 0.1) is 12.8 Å². The van der Waals surface area contributed by atoms with E-state index < -0.39 is 0 Å². The molecule has 20 heavy (non-hydrogen) atoms. The lowest BCUT2D eigenvalue weighted by molar-refractivity contribution is 0.111. The minimum Gasteiger partial charge on any atom is -0.494 e. The van der Waals surface area contributed by atoms with Crippen LogP contribution in [0.2, 0.25) is 5.02 Å². The van der Waals surface area contributed by atoms with Gasteiger partial charge in [-0.15, -0.1) is 5.10 Å². The number of benzene rings is 1. The Balaban J connectivity index is 2.71. The molecule has 0 amide bonds. The summed E-state index contributed by atoms with van der Waals surface area (Å²) < 4.78 is 6.99. The number of hydrogen-bond donors (Lipinski definition) is 0. The predicted molar refractivity (Wildman–Crippen MR) is 77.1 cm³/mol. The molecular weight excluding hydrogens is 278 g/mol. The normalized spacial score (nSPS) is 10.9. The molecule has 1 aromatic heterocycles. The molecule has 0 unspecified atom stereocenters. The molecule has 0 spiro atoms. The van der Waals surface area contributed by atoms with E-state index in [0.717, 1.165) is 16.9 Å². The molecule has 0 N–H and O–H groups in total. The second-order valence-electron chi connectivity index (χ2n) is 4.82. The summed E-state index contributed by atoms with van der Waals surface area (Å²) in [4.78, 5) is 11.1. The summed E-state index contributed by atoms with van der Waals surface area (Å²) in [6.07, 6.45) is 0.716. The largest absolute Gasteiger partial charge is 0.494 e. The van der Waals surface area contributed by atoms with Crippen molar-refractivity contribution < 1.29 is 9.53 Å². The molecule has 0 bridgehead atoms. The fourth-order valence-electron chi connectivity index (χ4n) is 2.08. The Labute approximate surface area is 122 Å². The number of aryl methyl sites for hydroxylation is 1. The number of carbonyl (C=O) groups is 1. The standard InChI is InChI=1S/C14H16ClN3O2/c1-8(2)14-11(7-19)16-17-18(14)12-5-9(3)10(15)6-13(12)20-4/h5-8H,1-4H3. The van der Waals surface area contributed by atoms with E-state index in [0.29, 0.717) is 22.8 Å². The maximum absolute atomic E-state index is 11.1. The highest BCUT2D eigenvalue weighted by Gasteiger charge is 2.20. The molecule has 0 saturated heterocycles. The van der Waals surface area contributed by atoms with Gasteiger partial charge in [0, 0.05) is 11.1 Å². The van der Waals surface area contributed by atoms with E-state index >= 15 is 0 Å². The van der Waals surface area contributed by atoms with E-state index in [1.807, 2.05) is 26.8 Å². The lowest BCUT2D eigenvalue weighted by Crippen LogP contribution is -2.07. The van der Waals surface area contributed by atoms with Crippen LogP contribution in [0.5, 0.6) is 5.75 Å². The van der Waals surface area contributed by atoms with Crippen molar-refractivity contribution >= 4 is 17.9 Å². The molecule has 0 aliphatic carbocycles. The number of aromatic nitrogens is 3. The van der Waals surface area contributed by atoms with Gasteiger partial charge in [-0.3, -0.25) is 4.79 Å². The van der Waals surface area contributed by atoms with Crippen LogP contribution in [0.25, 0.3) is 5.69 Å². The summed E-state index contributed by atoms with van der Waals surface area (Å²) in [7, 11) is 1.57. The number of aldehydes is 1. The number of hydrogen-bond acceptors (Lipinski definition) is 4. The first-order valence-electron chi connectivity index (χ1n) is 6.24. The molecule has 2 rings (SSSR count). The van der Waals surface area contributed by atoms with E-state index in [9.17, 15) is 4.79 Å². The van der Waals surface area contributed by atoms with Crippen molar-refractivity contribution in [2.24, 2.45) is 0 Å². The summed E-state index contributed by atoms with van der Waals surface area (Å²) in [5, 5.41) is 8.60. The van der Waals surface area contributed by atoms with E-state index in [4.69, 9.17) is 16.3 Å². The number of methoxy groups -OCH3 is 1. The zero-order chi connectivity index (χ0) is 14.9. The van der Waals surface area contributed by atoms with Crippen molar-refractivity contribution in [3.63, 3.8) is 0 Å². The predicted octanol–water partition coefficient (Wildman–Crippen LogP) is 3.17. The Morgan fingerprint density at radius 3 is 2.65 bits per heavy atom. The third kappa shape index (κ3) is 2.41. The van der Waals surface area contributed by atoms with Gasteiger partial charge < -0.3 is 4.74 Å². The zero-order valence-electron chi connectivity index (χ0n) is 11.8. The molecule has 0 saturated carbocycles. The van der Waals surface area contributed by atoms with E-state index in [1.165, 1.54) is 0 Å². The van der Waals surface area contributed by atoms with Crippen LogP contribution in [0.4, 0.5) is 0 Å². The average molecular weight is 294 g/mol. The fraction of sp³-hybridized carbons (Fsp3) is 0.357. The Hall–Kier alpha value is -1.88. The van der Waals surface area contributed by atoms with E-state index in [2.05, 4.69) is 10.3 Å². The highest BCUT2D eigenvalue weighted by atomic mass is 35.5. The van der Waals surface area contributed by atoms with Gasteiger partial charge in [-0.2, -0.15) is 0 Å². The molecule has 0 radical (unpaired) electrons. The average Bonchev–Trinajstić information content (AvgIpc) is 2.85. The van der Waals surface area contributed by atoms with Crippen molar-refractivity contribution in [2.75, 3.05) is 7.11 Å². The smallest absolute Gasteiger partial charge is 0.172 e. The van der Waals surface area contributed by atoms with Gasteiger partial charge in [0.15, 0.2) is 6.29 Å². The monoisotopic (exact) mass is 293 g/mol. The lowest BCUT2D eigenvalue weighted by Gasteiger charge is -2.14. The molecule has 2 aromatic rings. The van der Waals surface area contributed by atoms with Crippen LogP contribution in [0.3, 0.4) is 0 Å². The Kier molecular flexibility index (Phi) is 4.09. The molecule has 0 fully saturated rings. The van der Waals surface area contributed by atoms with Gasteiger partial charge in [-0.05, 0) is 24.5 Å². The molecule has 0 aliphatic rings. The van der Waals surface area contributed by atoms with Crippen LogP contribution in [-0.4, -0.2) is 28.4 Å². The quantitative estimate of drug-likeness (QED) is 0.813.